The maximum absolute atomic E-state index is 13.6. The topological polar surface area (TPSA) is 59.1 Å². The quantitative estimate of drug-likeness (QED) is 0.828. The lowest BCUT2D eigenvalue weighted by Crippen LogP contribution is -2.66. The Hall–Kier alpha value is -2.90. The van der Waals surface area contributed by atoms with Crippen molar-refractivity contribution in [3.05, 3.63) is 65.2 Å². The normalized spacial score (nSPS) is 26.3. The molecule has 3 heterocycles. The van der Waals surface area contributed by atoms with Gasteiger partial charge in [0.1, 0.15) is 18.5 Å². The van der Waals surface area contributed by atoms with Gasteiger partial charge in [0.25, 0.3) is 5.91 Å². The molecule has 3 saturated heterocycles. The molecule has 3 atom stereocenters. The highest BCUT2D eigenvalue weighted by atomic mass is 16.2. The molecule has 1 N–H and O–H groups in total. The monoisotopic (exact) mass is 419 g/mol. The zero-order valence-electron chi connectivity index (χ0n) is 18.3. The second-order valence-corrected chi connectivity index (χ2v) is 8.86. The van der Waals surface area contributed by atoms with Crippen LogP contribution in [0.2, 0.25) is 0 Å². The molecule has 0 spiro atoms. The van der Waals surface area contributed by atoms with Gasteiger partial charge in [0.05, 0.1) is 6.54 Å². The van der Waals surface area contributed by atoms with Gasteiger partial charge in [-0.05, 0) is 43.5 Å². The Morgan fingerprint density at radius 1 is 1.00 bits per heavy atom. The number of fused-ring (bicyclic) bond motifs is 3. The number of carbonyl (C=O) groups is 2. The highest BCUT2D eigenvalue weighted by Gasteiger charge is 2.56. The first-order chi connectivity index (χ1) is 14.9. The molecular formula is C24H29N5O2. The van der Waals surface area contributed by atoms with Crippen LogP contribution in [-0.4, -0.2) is 65.3 Å². The van der Waals surface area contributed by atoms with Crippen molar-refractivity contribution < 1.29 is 9.59 Å². The number of hydrogen-bond acceptors (Lipinski definition) is 5. The number of nitrogens with zero attached hydrogens (tertiary/aromatic N) is 4. The average Bonchev–Trinajstić information content (AvgIpc) is 3.16. The number of benzene rings is 2. The molecule has 2 aromatic rings. The van der Waals surface area contributed by atoms with Crippen LogP contribution in [0.5, 0.6) is 0 Å². The number of urea groups is 1. The van der Waals surface area contributed by atoms with E-state index in [1.807, 2.05) is 31.2 Å². The van der Waals surface area contributed by atoms with Crippen molar-refractivity contribution in [2.75, 3.05) is 25.0 Å². The lowest BCUT2D eigenvalue weighted by molar-refractivity contribution is -0.139. The molecule has 3 amide bonds. The molecule has 0 aliphatic carbocycles. The van der Waals surface area contributed by atoms with E-state index in [2.05, 4.69) is 46.3 Å². The molecule has 3 fully saturated rings. The Morgan fingerprint density at radius 3 is 2.52 bits per heavy atom. The number of imide groups is 1. The van der Waals surface area contributed by atoms with Gasteiger partial charge in [0.15, 0.2) is 0 Å². The van der Waals surface area contributed by atoms with Crippen molar-refractivity contribution in [3.63, 3.8) is 0 Å². The summed E-state index contributed by atoms with van der Waals surface area (Å²) in [5.74, 6) is -0.116. The van der Waals surface area contributed by atoms with E-state index in [-0.39, 0.29) is 30.4 Å². The molecule has 0 saturated carbocycles. The highest BCUT2D eigenvalue weighted by molar-refractivity contribution is 6.00. The molecule has 0 aromatic heterocycles. The molecule has 5 rings (SSSR count). The van der Waals surface area contributed by atoms with Crippen molar-refractivity contribution in [2.45, 2.75) is 45.3 Å². The molecule has 3 unspecified atom stereocenters. The number of nitrogens with one attached hydrogen (secondary N) is 1. The van der Waals surface area contributed by atoms with E-state index in [0.717, 1.165) is 36.3 Å². The third kappa shape index (κ3) is 3.38. The highest BCUT2D eigenvalue weighted by Crippen LogP contribution is 2.33. The van der Waals surface area contributed by atoms with E-state index >= 15 is 0 Å². The Bertz CT molecular complexity index is 1010. The fourth-order valence-electron chi connectivity index (χ4n) is 5.01. The fraction of sp³-hybridized carbons (Fsp3) is 0.417. The summed E-state index contributed by atoms with van der Waals surface area (Å²) in [5.41, 5.74) is 4.46. The smallest absolute Gasteiger partial charge is 0.328 e. The number of carbonyl (C=O) groups excluding carboxylic acids is 2. The molecule has 0 bridgehead atoms. The lowest BCUT2D eigenvalue weighted by Gasteiger charge is -2.44. The van der Waals surface area contributed by atoms with Gasteiger partial charge in [-0.2, -0.15) is 0 Å². The third-order valence-corrected chi connectivity index (χ3v) is 6.66. The summed E-state index contributed by atoms with van der Waals surface area (Å²) in [4.78, 5) is 34.3. The Kier molecular flexibility index (Phi) is 4.95. The molecule has 31 heavy (non-hydrogen) atoms. The largest absolute Gasteiger partial charge is 0.343 e. The van der Waals surface area contributed by atoms with Crippen LogP contribution < -0.4 is 10.2 Å². The van der Waals surface area contributed by atoms with Crippen molar-refractivity contribution in [1.29, 1.82) is 0 Å². The van der Waals surface area contributed by atoms with E-state index in [4.69, 9.17) is 0 Å². The molecule has 162 valence electrons. The van der Waals surface area contributed by atoms with Gasteiger partial charge in [0.2, 0.25) is 0 Å². The Labute approximate surface area is 183 Å². The average molecular weight is 420 g/mol. The number of anilines is 1. The molecule has 2 aromatic carbocycles. The standard InChI is InChI=1S/C24H29N5O2/c1-16-8-10-18(11-9-16)15-29-22(30)20-21(26(3)24(29)31)25-23-27(12-5-13-28(20)23)19-7-4-6-17(2)14-19/h4,6-11,14,20-21,23,25H,5,12-13,15H2,1-3H3. The molecule has 3 aliphatic rings. The number of rotatable bonds is 3. The van der Waals surface area contributed by atoms with E-state index in [9.17, 15) is 9.59 Å². The van der Waals surface area contributed by atoms with Gasteiger partial charge >= 0.3 is 6.03 Å². The zero-order chi connectivity index (χ0) is 21.7. The maximum Gasteiger partial charge on any atom is 0.328 e. The van der Waals surface area contributed by atoms with Crippen LogP contribution in [0.1, 0.15) is 23.1 Å². The molecule has 3 aliphatic heterocycles. The van der Waals surface area contributed by atoms with Gasteiger partial charge < -0.3 is 9.80 Å². The number of hydrogen-bond donors (Lipinski definition) is 1. The summed E-state index contributed by atoms with van der Waals surface area (Å²) >= 11 is 0. The van der Waals surface area contributed by atoms with E-state index in [0.29, 0.717) is 6.54 Å². The summed E-state index contributed by atoms with van der Waals surface area (Å²) in [6, 6.07) is 15.8. The predicted octanol–water partition coefficient (Wildman–Crippen LogP) is 2.49. The van der Waals surface area contributed by atoms with Gasteiger partial charge in [-0.1, -0.05) is 42.0 Å². The van der Waals surface area contributed by atoms with E-state index in [1.54, 1.807) is 11.9 Å². The van der Waals surface area contributed by atoms with Crippen LogP contribution in [0, 0.1) is 13.8 Å². The van der Waals surface area contributed by atoms with Gasteiger partial charge in [0, 0.05) is 25.8 Å². The lowest BCUT2D eigenvalue weighted by atomic mass is 10.1. The maximum atomic E-state index is 13.6. The number of amides is 3. The SMILES string of the molecule is Cc1ccc(CN2C(=O)C3C(NC4N(c5cccc(C)c5)CCCN34)N(C)C2=O)cc1. The van der Waals surface area contributed by atoms with Gasteiger partial charge in [-0.25, -0.2) is 4.79 Å². The second-order valence-electron chi connectivity index (χ2n) is 8.86. The first-order valence-corrected chi connectivity index (χ1v) is 10.9. The molecule has 7 nitrogen and oxygen atoms in total. The van der Waals surface area contributed by atoms with Crippen LogP contribution in [0.15, 0.2) is 48.5 Å². The fourth-order valence-corrected chi connectivity index (χ4v) is 5.01. The summed E-state index contributed by atoms with van der Waals surface area (Å²) in [5, 5.41) is 3.57. The van der Waals surface area contributed by atoms with E-state index in [1.165, 1.54) is 10.5 Å². The summed E-state index contributed by atoms with van der Waals surface area (Å²) in [6.07, 6.45) is 0.534. The van der Waals surface area contributed by atoms with Crippen molar-refractivity contribution in [2.24, 2.45) is 0 Å². The van der Waals surface area contributed by atoms with Gasteiger partial charge in [-0.15, -0.1) is 0 Å². The predicted molar refractivity (Wildman–Crippen MR) is 119 cm³/mol. The van der Waals surface area contributed by atoms with Gasteiger partial charge in [-0.3, -0.25) is 19.9 Å². The van der Waals surface area contributed by atoms with Crippen molar-refractivity contribution in [3.8, 4) is 0 Å². The van der Waals surface area contributed by atoms with Crippen molar-refractivity contribution >= 4 is 17.6 Å². The van der Waals surface area contributed by atoms with E-state index < -0.39 is 0 Å². The number of likely N-dealkylation sites (N-methyl/N-ethyl adjacent to an activating group) is 1. The molecule has 7 heteroatoms. The van der Waals surface area contributed by atoms with Crippen LogP contribution in [0.25, 0.3) is 0 Å². The van der Waals surface area contributed by atoms with Crippen LogP contribution in [0.4, 0.5) is 10.5 Å². The summed E-state index contributed by atoms with van der Waals surface area (Å²) < 4.78 is 0. The Morgan fingerprint density at radius 2 is 1.77 bits per heavy atom. The zero-order valence-corrected chi connectivity index (χ0v) is 18.3. The molecular weight excluding hydrogens is 390 g/mol. The second kappa shape index (κ2) is 7.66. The number of aryl methyl sites for hydroxylation is 2. The first kappa shape index (κ1) is 20.0. The third-order valence-electron chi connectivity index (χ3n) is 6.66. The Balaban J connectivity index is 1.43. The van der Waals surface area contributed by atoms with Crippen LogP contribution in [0.3, 0.4) is 0 Å². The van der Waals surface area contributed by atoms with Crippen molar-refractivity contribution in [1.82, 2.24) is 20.0 Å². The van der Waals surface area contributed by atoms with Crippen LogP contribution in [-0.2, 0) is 11.3 Å². The molecule has 0 radical (unpaired) electrons. The minimum atomic E-state index is -0.384. The summed E-state index contributed by atoms with van der Waals surface area (Å²) in [7, 11) is 1.79. The minimum absolute atomic E-state index is 0.107. The first-order valence-electron chi connectivity index (χ1n) is 10.9. The van der Waals surface area contributed by atoms with Crippen LogP contribution >= 0.6 is 0 Å². The minimum Gasteiger partial charge on any atom is -0.343 e. The summed E-state index contributed by atoms with van der Waals surface area (Å²) in [6.45, 7) is 6.15.